The van der Waals surface area contributed by atoms with Crippen LogP contribution in [0.5, 0.6) is 0 Å². The molecule has 0 N–H and O–H groups in total. The summed E-state index contributed by atoms with van der Waals surface area (Å²) in [6.45, 7) is 3.66. The molecule has 1 aliphatic rings. The second-order valence-corrected chi connectivity index (χ2v) is 8.23. The summed E-state index contributed by atoms with van der Waals surface area (Å²) >= 11 is 0. The highest BCUT2D eigenvalue weighted by molar-refractivity contribution is 5.66. The van der Waals surface area contributed by atoms with Crippen LogP contribution in [0.2, 0.25) is 0 Å². The molecule has 1 saturated carbocycles. The summed E-state index contributed by atoms with van der Waals surface area (Å²) in [5.74, 6) is -0.274. The number of allylic oxidation sites excluding steroid dienone is 3. The van der Waals surface area contributed by atoms with Gasteiger partial charge < -0.3 is 9.53 Å². The molecular weight excluding hydrogens is 360 g/mol. The van der Waals surface area contributed by atoms with Crippen molar-refractivity contribution in [3.05, 3.63) is 59.7 Å². The molecule has 1 atom stereocenters. The van der Waals surface area contributed by atoms with E-state index in [1.165, 1.54) is 43.7 Å². The molecule has 0 aliphatic heterocycles. The number of aldehydes is 1. The molecule has 0 bridgehead atoms. The fourth-order valence-corrected chi connectivity index (χ4v) is 4.11. The summed E-state index contributed by atoms with van der Waals surface area (Å²) in [5, 5.41) is 0. The van der Waals surface area contributed by atoms with E-state index >= 15 is 0 Å². The average molecular weight is 397 g/mol. The normalized spacial score (nSPS) is 17.4. The third-order valence-electron chi connectivity index (χ3n) is 5.79. The molecule has 0 aromatic heterocycles. The lowest BCUT2D eigenvalue weighted by atomic mass is 9.75. The Balaban J connectivity index is 2.06. The Morgan fingerprint density at radius 2 is 1.83 bits per heavy atom. The molecule has 1 aliphatic carbocycles. The van der Waals surface area contributed by atoms with Crippen molar-refractivity contribution in [3.63, 3.8) is 0 Å². The fraction of sp³-hybridized carbons (Fsp3) is 0.538. The van der Waals surface area contributed by atoms with Gasteiger partial charge in [0.25, 0.3) is 0 Å². The Kier molecular flexibility index (Phi) is 9.90. The number of ether oxygens (including phenoxy) is 1. The highest BCUT2D eigenvalue weighted by Gasteiger charge is 2.28. The van der Waals surface area contributed by atoms with Gasteiger partial charge >= 0.3 is 5.97 Å². The zero-order valence-corrected chi connectivity index (χ0v) is 18.1. The summed E-state index contributed by atoms with van der Waals surface area (Å²) in [7, 11) is 0. The topological polar surface area (TPSA) is 43.4 Å². The highest BCUT2D eigenvalue weighted by Crippen LogP contribution is 2.35. The number of hydrogen-bond acceptors (Lipinski definition) is 3. The van der Waals surface area contributed by atoms with Gasteiger partial charge in [0.2, 0.25) is 0 Å². The van der Waals surface area contributed by atoms with Crippen molar-refractivity contribution in [1.82, 2.24) is 0 Å². The van der Waals surface area contributed by atoms with Crippen LogP contribution in [0, 0.1) is 5.41 Å². The van der Waals surface area contributed by atoms with E-state index < -0.39 is 0 Å². The van der Waals surface area contributed by atoms with Gasteiger partial charge in [-0.2, -0.15) is 0 Å². The largest absolute Gasteiger partial charge is 0.458 e. The first kappa shape index (κ1) is 23.1. The van der Waals surface area contributed by atoms with Crippen LogP contribution in [-0.2, 0) is 27.2 Å². The standard InChI is InChI=1S/C26H36O3/c1-3-4-6-13-23-14-7-8-15-24(23)20-25(29-22(2)28)16-9-12-19-26(21-27)17-10-5-11-18-26/h7-9,12,14-16,19,21,25H,3-6,10-11,13,17-18,20H2,1-2H3/b16-9+,19-12-. The van der Waals surface area contributed by atoms with Crippen LogP contribution in [0.1, 0.15) is 76.3 Å². The lowest BCUT2D eigenvalue weighted by Crippen LogP contribution is -2.23. The number of hydrogen-bond donors (Lipinski definition) is 0. The number of carbonyl (C=O) groups is 2. The third-order valence-corrected chi connectivity index (χ3v) is 5.79. The van der Waals surface area contributed by atoms with Gasteiger partial charge in [0, 0.05) is 18.8 Å². The Labute approximate surface area is 176 Å². The first-order valence-corrected chi connectivity index (χ1v) is 11.1. The zero-order chi connectivity index (χ0) is 21.0. The Hall–Kier alpha value is -2.16. The van der Waals surface area contributed by atoms with Crippen LogP contribution in [-0.4, -0.2) is 18.4 Å². The van der Waals surface area contributed by atoms with Gasteiger partial charge in [0.1, 0.15) is 12.4 Å². The lowest BCUT2D eigenvalue weighted by Gasteiger charge is -2.28. The molecule has 0 heterocycles. The maximum absolute atomic E-state index is 11.6. The van der Waals surface area contributed by atoms with Crippen LogP contribution in [0.25, 0.3) is 0 Å². The van der Waals surface area contributed by atoms with Crippen molar-refractivity contribution in [2.45, 2.75) is 84.2 Å². The molecule has 0 radical (unpaired) electrons. The minimum absolute atomic E-state index is 0.274. The highest BCUT2D eigenvalue weighted by atomic mass is 16.5. The van der Waals surface area contributed by atoms with Crippen LogP contribution in [0.4, 0.5) is 0 Å². The van der Waals surface area contributed by atoms with Crippen LogP contribution in [0.3, 0.4) is 0 Å². The van der Waals surface area contributed by atoms with Gasteiger partial charge in [-0.15, -0.1) is 0 Å². The molecule has 3 heteroatoms. The van der Waals surface area contributed by atoms with Gasteiger partial charge in [0.05, 0.1) is 0 Å². The molecule has 158 valence electrons. The van der Waals surface area contributed by atoms with Crippen molar-refractivity contribution < 1.29 is 14.3 Å². The minimum atomic E-state index is -0.314. The predicted molar refractivity (Wildman–Crippen MR) is 119 cm³/mol. The molecule has 0 spiro atoms. The molecule has 1 fully saturated rings. The van der Waals surface area contributed by atoms with E-state index in [4.69, 9.17) is 4.74 Å². The molecule has 1 unspecified atom stereocenters. The second-order valence-electron chi connectivity index (χ2n) is 8.23. The summed E-state index contributed by atoms with van der Waals surface area (Å²) in [6.07, 6.45) is 19.3. The van der Waals surface area contributed by atoms with Crippen molar-refractivity contribution >= 4 is 12.3 Å². The summed E-state index contributed by atoms with van der Waals surface area (Å²) in [5.41, 5.74) is 2.26. The third kappa shape index (κ3) is 8.00. The summed E-state index contributed by atoms with van der Waals surface area (Å²) in [6, 6.07) is 8.43. The SMILES string of the molecule is CCCCCc1ccccc1CC(/C=C/C=C\C1(C=O)CCCCC1)OC(C)=O. The number of benzene rings is 1. The predicted octanol–water partition coefficient (Wildman–Crippen LogP) is 6.16. The molecule has 0 amide bonds. The van der Waals surface area contributed by atoms with E-state index in [-0.39, 0.29) is 17.5 Å². The molecule has 0 saturated heterocycles. The minimum Gasteiger partial charge on any atom is -0.458 e. The number of rotatable bonds is 11. The smallest absolute Gasteiger partial charge is 0.303 e. The number of aryl methyl sites for hydroxylation is 1. The molecule has 2 rings (SSSR count). The van der Waals surface area contributed by atoms with Gasteiger partial charge in [-0.1, -0.05) is 81.5 Å². The Morgan fingerprint density at radius 1 is 1.10 bits per heavy atom. The zero-order valence-electron chi connectivity index (χ0n) is 18.1. The first-order valence-electron chi connectivity index (χ1n) is 11.1. The molecule has 3 nitrogen and oxygen atoms in total. The quantitative estimate of drug-likeness (QED) is 0.195. The molecule has 29 heavy (non-hydrogen) atoms. The molecule has 1 aromatic rings. The first-order chi connectivity index (χ1) is 14.1. The van der Waals surface area contributed by atoms with E-state index in [0.29, 0.717) is 6.42 Å². The van der Waals surface area contributed by atoms with Crippen molar-refractivity contribution in [3.8, 4) is 0 Å². The van der Waals surface area contributed by atoms with Crippen LogP contribution < -0.4 is 0 Å². The average Bonchev–Trinajstić information content (AvgIpc) is 2.73. The monoisotopic (exact) mass is 396 g/mol. The summed E-state index contributed by atoms with van der Waals surface area (Å²) < 4.78 is 5.55. The van der Waals surface area contributed by atoms with Gasteiger partial charge in [-0.25, -0.2) is 0 Å². The van der Waals surface area contributed by atoms with E-state index in [2.05, 4.69) is 25.1 Å². The van der Waals surface area contributed by atoms with Gasteiger partial charge in [-0.05, 0) is 42.9 Å². The van der Waals surface area contributed by atoms with Crippen molar-refractivity contribution in [2.24, 2.45) is 5.41 Å². The maximum atomic E-state index is 11.6. The fourth-order valence-electron chi connectivity index (χ4n) is 4.11. The number of carbonyl (C=O) groups excluding carboxylic acids is 2. The van der Waals surface area contributed by atoms with Crippen molar-refractivity contribution in [2.75, 3.05) is 0 Å². The van der Waals surface area contributed by atoms with Crippen LogP contribution >= 0.6 is 0 Å². The number of esters is 1. The maximum Gasteiger partial charge on any atom is 0.303 e. The second kappa shape index (κ2) is 12.4. The van der Waals surface area contributed by atoms with E-state index in [1.54, 1.807) is 0 Å². The Morgan fingerprint density at radius 3 is 2.48 bits per heavy atom. The van der Waals surface area contributed by atoms with Gasteiger partial charge in [0.15, 0.2) is 0 Å². The lowest BCUT2D eigenvalue weighted by molar-refractivity contribution is -0.144. The van der Waals surface area contributed by atoms with Crippen LogP contribution in [0.15, 0.2) is 48.6 Å². The Bertz CT molecular complexity index is 696. The summed E-state index contributed by atoms with van der Waals surface area (Å²) in [4.78, 5) is 23.2. The van der Waals surface area contributed by atoms with Gasteiger partial charge in [-0.3, -0.25) is 4.79 Å². The molecular formula is C26H36O3. The number of unbranched alkanes of at least 4 members (excludes halogenated alkanes) is 2. The molecule has 1 aromatic carbocycles. The van der Waals surface area contributed by atoms with E-state index in [9.17, 15) is 9.59 Å². The van der Waals surface area contributed by atoms with E-state index in [0.717, 1.165) is 38.4 Å². The van der Waals surface area contributed by atoms with E-state index in [1.807, 2.05) is 30.4 Å². The van der Waals surface area contributed by atoms with Crippen molar-refractivity contribution in [1.29, 1.82) is 0 Å².